The summed E-state index contributed by atoms with van der Waals surface area (Å²) in [6.07, 6.45) is 2.03. The Bertz CT molecular complexity index is 734. The lowest BCUT2D eigenvalue weighted by Gasteiger charge is -2.34. The summed E-state index contributed by atoms with van der Waals surface area (Å²) in [5, 5.41) is 3.37. The van der Waals surface area contributed by atoms with E-state index in [2.05, 4.69) is 61.4 Å². The lowest BCUT2D eigenvalue weighted by Crippen LogP contribution is -2.44. The fourth-order valence-corrected chi connectivity index (χ4v) is 3.17. The molecule has 0 spiro atoms. The molecule has 2 aliphatic heterocycles. The number of piperazine rings is 1. The maximum atomic E-state index is 4.35. The molecule has 0 saturated carbocycles. The number of nitrogens with one attached hydrogen (secondary N) is 1. The molecule has 0 unspecified atom stereocenters. The highest BCUT2D eigenvalue weighted by Crippen LogP contribution is 2.21. The second-order valence-corrected chi connectivity index (χ2v) is 6.27. The minimum Gasteiger partial charge on any atom is -0.369 e. The van der Waals surface area contributed by atoms with Gasteiger partial charge < -0.3 is 15.1 Å². The lowest BCUT2D eigenvalue weighted by molar-refractivity contribution is 0.313. The van der Waals surface area contributed by atoms with Gasteiger partial charge in [0.15, 0.2) is 5.84 Å². The van der Waals surface area contributed by atoms with E-state index in [9.17, 15) is 0 Å². The van der Waals surface area contributed by atoms with Crippen molar-refractivity contribution in [2.45, 2.75) is 0 Å². The van der Waals surface area contributed by atoms with Crippen molar-refractivity contribution in [2.75, 3.05) is 59.3 Å². The standard InChI is InChI=1S/C19H26N6/c1-20-17-13-16(23-19(22-3)18(17)21-2)14-5-7-15(8-6-14)25-11-9-24(4)10-12-25/h5-8,13H,9-12H2,1-4H3,(H,22,23). The number of hydrogen-bond donors (Lipinski definition) is 1. The Morgan fingerprint density at radius 1 is 0.880 bits per heavy atom. The van der Waals surface area contributed by atoms with Crippen LogP contribution < -0.4 is 10.2 Å². The maximum Gasteiger partial charge on any atom is 0.153 e. The number of aliphatic imine (C=N–C) groups is 3. The fourth-order valence-electron chi connectivity index (χ4n) is 3.17. The third kappa shape index (κ3) is 3.64. The largest absolute Gasteiger partial charge is 0.369 e. The number of nitrogens with zero attached hydrogens (tertiary/aromatic N) is 5. The molecule has 6 nitrogen and oxygen atoms in total. The van der Waals surface area contributed by atoms with Gasteiger partial charge in [0.05, 0.1) is 5.71 Å². The van der Waals surface area contributed by atoms with Crippen molar-refractivity contribution < 1.29 is 0 Å². The lowest BCUT2D eigenvalue weighted by atomic mass is 10.0. The Hall–Kier alpha value is -2.47. The summed E-state index contributed by atoms with van der Waals surface area (Å²) in [7, 11) is 7.48. The molecule has 0 atom stereocenters. The monoisotopic (exact) mass is 338 g/mol. The van der Waals surface area contributed by atoms with Crippen molar-refractivity contribution in [3.8, 4) is 0 Å². The molecule has 25 heavy (non-hydrogen) atoms. The fraction of sp³-hybridized carbons (Fsp3) is 0.421. The summed E-state index contributed by atoms with van der Waals surface area (Å²) >= 11 is 0. The van der Waals surface area contributed by atoms with Gasteiger partial charge in [-0.25, -0.2) is 0 Å². The molecule has 1 N–H and O–H groups in total. The van der Waals surface area contributed by atoms with Crippen LogP contribution in [0.2, 0.25) is 0 Å². The van der Waals surface area contributed by atoms with Gasteiger partial charge in [-0.05, 0) is 30.8 Å². The first-order valence-electron chi connectivity index (χ1n) is 8.60. The molecule has 3 rings (SSSR count). The minimum absolute atomic E-state index is 0.753. The summed E-state index contributed by atoms with van der Waals surface area (Å²) in [5.74, 6) is 0.753. The molecule has 6 heteroatoms. The SMILES string of the molecule is CN=C1C=C(c2ccc(N3CCN(C)CC3)cc2)NC(=NC)C1=NC. The van der Waals surface area contributed by atoms with Gasteiger partial charge in [-0.15, -0.1) is 0 Å². The molecule has 1 fully saturated rings. The van der Waals surface area contributed by atoms with Crippen LogP contribution in [-0.4, -0.2) is 76.5 Å². The Morgan fingerprint density at radius 3 is 2.12 bits per heavy atom. The molecule has 0 aromatic heterocycles. The van der Waals surface area contributed by atoms with E-state index in [1.807, 2.05) is 6.08 Å². The van der Waals surface area contributed by atoms with Crippen molar-refractivity contribution in [3.05, 3.63) is 35.9 Å². The van der Waals surface area contributed by atoms with Crippen molar-refractivity contribution in [3.63, 3.8) is 0 Å². The molecular weight excluding hydrogens is 312 g/mol. The second kappa shape index (κ2) is 7.61. The zero-order chi connectivity index (χ0) is 17.8. The van der Waals surface area contributed by atoms with E-state index in [0.29, 0.717) is 0 Å². The molecular formula is C19H26N6. The van der Waals surface area contributed by atoms with E-state index in [-0.39, 0.29) is 0 Å². The third-order valence-electron chi connectivity index (χ3n) is 4.74. The van der Waals surface area contributed by atoms with Crippen LogP contribution in [0.1, 0.15) is 5.56 Å². The Labute approximate surface area is 149 Å². The van der Waals surface area contributed by atoms with E-state index in [1.165, 1.54) is 5.69 Å². The Kier molecular flexibility index (Phi) is 5.28. The van der Waals surface area contributed by atoms with Crippen LogP contribution in [0.25, 0.3) is 5.70 Å². The zero-order valence-corrected chi connectivity index (χ0v) is 15.5. The smallest absolute Gasteiger partial charge is 0.153 e. The van der Waals surface area contributed by atoms with Gasteiger partial charge in [-0.2, -0.15) is 0 Å². The molecule has 2 heterocycles. The molecule has 132 valence electrons. The molecule has 0 amide bonds. The van der Waals surface area contributed by atoms with E-state index >= 15 is 0 Å². The van der Waals surface area contributed by atoms with Crippen LogP contribution in [0.4, 0.5) is 5.69 Å². The van der Waals surface area contributed by atoms with E-state index in [4.69, 9.17) is 0 Å². The first-order chi connectivity index (χ1) is 12.2. The summed E-state index contributed by atoms with van der Waals surface area (Å²) in [6, 6.07) is 8.69. The third-order valence-corrected chi connectivity index (χ3v) is 4.74. The van der Waals surface area contributed by atoms with Gasteiger partial charge in [0.2, 0.25) is 0 Å². The Balaban J connectivity index is 1.83. The molecule has 1 aromatic rings. The normalized spacial score (nSPS) is 23.9. The predicted octanol–water partition coefficient (Wildman–Crippen LogP) is 1.55. The van der Waals surface area contributed by atoms with Crippen LogP contribution in [-0.2, 0) is 0 Å². The summed E-state index contributed by atoms with van der Waals surface area (Å²) in [6.45, 7) is 4.37. The highest BCUT2D eigenvalue weighted by molar-refractivity contribution is 6.72. The van der Waals surface area contributed by atoms with Gasteiger partial charge >= 0.3 is 0 Å². The van der Waals surface area contributed by atoms with E-state index in [1.54, 1.807) is 21.1 Å². The van der Waals surface area contributed by atoms with Crippen molar-refractivity contribution in [2.24, 2.45) is 15.0 Å². The molecule has 0 bridgehead atoms. The average Bonchev–Trinajstić information content (AvgIpc) is 2.67. The van der Waals surface area contributed by atoms with E-state index in [0.717, 1.165) is 54.7 Å². The molecule has 1 saturated heterocycles. The maximum absolute atomic E-state index is 4.35. The predicted molar refractivity (Wildman–Crippen MR) is 107 cm³/mol. The van der Waals surface area contributed by atoms with Gasteiger partial charge in [0.25, 0.3) is 0 Å². The van der Waals surface area contributed by atoms with Gasteiger partial charge in [-0.3, -0.25) is 15.0 Å². The van der Waals surface area contributed by atoms with Gasteiger partial charge in [0, 0.05) is 58.7 Å². The van der Waals surface area contributed by atoms with Gasteiger partial charge in [-0.1, -0.05) is 12.1 Å². The number of anilines is 1. The number of likely N-dealkylation sites (N-methyl/N-ethyl adjacent to an activating group) is 1. The van der Waals surface area contributed by atoms with Gasteiger partial charge in [0.1, 0.15) is 5.71 Å². The summed E-state index contributed by atoms with van der Waals surface area (Å²) in [5.41, 5.74) is 5.04. The summed E-state index contributed by atoms with van der Waals surface area (Å²) in [4.78, 5) is 17.8. The van der Waals surface area contributed by atoms with E-state index < -0.39 is 0 Å². The number of rotatable bonds is 2. The van der Waals surface area contributed by atoms with Crippen LogP contribution in [0.5, 0.6) is 0 Å². The number of amidine groups is 1. The highest BCUT2D eigenvalue weighted by atomic mass is 15.2. The highest BCUT2D eigenvalue weighted by Gasteiger charge is 2.21. The van der Waals surface area contributed by atoms with Crippen LogP contribution in [0.15, 0.2) is 45.3 Å². The number of hydrogen-bond acceptors (Lipinski definition) is 5. The zero-order valence-electron chi connectivity index (χ0n) is 15.5. The van der Waals surface area contributed by atoms with Crippen molar-refractivity contribution >= 4 is 28.6 Å². The van der Waals surface area contributed by atoms with Crippen LogP contribution >= 0.6 is 0 Å². The second-order valence-electron chi connectivity index (χ2n) is 6.27. The first kappa shape index (κ1) is 17.4. The molecule has 1 aromatic carbocycles. The minimum atomic E-state index is 0.753. The Morgan fingerprint density at radius 2 is 1.56 bits per heavy atom. The van der Waals surface area contributed by atoms with Crippen molar-refractivity contribution in [1.29, 1.82) is 0 Å². The molecule has 2 aliphatic rings. The number of allylic oxidation sites excluding steroid dienone is 1. The molecule has 0 radical (unpaired) electrons. The van der Waals surface area contributed by atoms with Crippen molar-refractivity contribution in [1.82, 2.24) is 10.2 Å². The first-order valence-corrected chi connectivity index (χ1v) is 8.60. The quantitative estimate of drug-likeness (QED) is 0.890. The van der Waals surface area contributed by atoms with Crippen LogP contribution in [0, 0.1) is 0 Å². The van der Waals surface area contributed by atoms with Crippen LogP contribution in [0.3, 0.4) is 0 Å². The number of benzene rings is 1. The summed E-state index contributed by atoms with van der Waals surface area (Å²) < 4.78 is 0. The topological polar surface area (TPSA) is 55.6 Å². The molecule has 0 aliphatic carbocycles. The average molecular weight is 338 g/mol.